The average molecular weight is 214 g/mol. The van der Waals surface area contributed by atoms with Crippen LogP contribution in [0.3, 0.4) is 0 Å². The minimum Gasteiger partial charge on any atom is -0.370 e. The van der Waals surface area contributed by atoms with Gasteiger partial charge in [-0.1, -0.05) is 12.8 Å². The number of hydrogen-bond donors (Lipinski definition) is 1. The lowest BCUT2D eigenvalue weighted by Crippen LogP contribution is -2.02. The largest absolute Gasteiger partial charge is 0.370 e. The van der Waals surface area contributed by atoms with E-state index in [4.69, 9.17) is 11.6 Å². The first-order valence-corrected chi connectivity index (χ1v) is 5.53. The maximum Gasteiger partial charge on any atom is 0.129 e. The minimum absolute atomic E-state index is 0.777. The van der Waals surface area contributed by atoms with E-state index in [0.717, 1.165) is 24.7 Å². The Morgan fingerprint density at radius 2 is 2.07 bits per heavy atom. The number of unbranched alkanes of at least 4 members (excludes halogenated alkanes) is 3. The first kappa shape index (κ1) is 11.2. The highest BCUT2D eigenvalue weighted by Gasteiger charge is 1.91. The van der Waals surface area contributed by atoms with E-state index < -0.39 is 0 Å². The summed E-state index contributed by atoms with van der Waals surface area (Å²) in [6.45, 7) is 0.972. The lowest BCUT2D eigenvalue weighted by atomic mass is 10.2. The standard InChI is InChI=1S/C10H16ClN3/c11-6-3-1-2-4-7-13-10-5-8-12-9-14-10/h5,8-9H,1-4,6-7H2,(H,12,13,14). The van der Waals surface area contributed by atoms with Crippen LogP contribution in [0.4, 0.5) is 5.82 Å². The number of rotatable bonds is 7. The van der Waals surface area contributed by atoms with Gasteiger partial charge in [0.1, 0.15) is 12.1 Å². The van der Waals surface area contributed by atoms with Crippen LogP contribution in [0, 0.1) is 0 Å². The summed E-state index contributed by atoms with van der Waals surface area (Å²) >= 11 is 5.58. The Balaban J connectivity index is 1.99. The van der Waals surface area contributed by atoms with Crippen LogP contribution in [0.25, 0.3) is 0 Å². The van der Waals surface area contributed by atoms with E-state index in [1.54, 1.807) is 12.5 Å². The molecule has 1 N–H and O–H groups in total. The zero-order valence-electron chi connectivity index (χ0n) is 8.25. The molecule has 0 atom stereocenters. The normalized spacial score (nSPS) is 10.1. The maximum absolute atomic E-state index is 5.58. The summed E-state index contributed by atoms with van der Waals surface area (Å²) in [6, 6.07) is 1.87. The van der Waals surface area contributed by atoms with E-state index in [1.807, 2.05) is 6.07 Å². The Morgan fingerprint density at radius 1 is 1.21 bits per heavy atom. The summed E-state index contributed by atoms with van der Waals surface area (Å²) in [5.41, 5.74) is 0. The van der Waals surface area contributed by atoms with Crippen molar-refractivity contribution in [3.8, 4) is 0 Å². The first-order valence-electron chi connectivity index (χ1n) is 4.99. The molecule has 1 aromatic heterocycles. The van der Waals surface area contributed by atoms with E-state index in [-0.39, 0.29) is 0 Å². The van der Waals surface area contributed by atoms with E-state index >= 15 is 0 Å². The summed E-state index contributed by atoms with van der Waals surface area (Å²) in [6.07, 6.45) is 8.02. The second kappa shape index (κ2) is 7.56. The smallest absolute Gasteiger partial charge is 0.129 e. The molecule has 1 heterocycles. The third kappa shape index (κ3) is 5.02. The van der Waals surface area contributed by atoms with Crippen LogP contribution in [-0.2, 0) is 0 Å². The van der Waals surface area contributed by atoms with Crippen molar-refractivity contribution in [2.45, 2.75) is 25.7 Å². The molecule has 0 spiro atoms. The van der Waals surface area contributed by atoms with Gasteiger partial charge in [-0.15, -0.1) is 11.6 Å². The average Bonchev–Trinajstić information content (AvgIpc) is 2.25. The highest BCUT2D eigenvalue weighted by molar-refractivity contribution is 6.17. The van der Waals surface area contributed by atoms with Crippen molar-refractivity contribution in [3.05, 3.63) is 18.6 Å². The van der Waals surface area contributed by atoms with Gasteiger partial charge in [-0.05, 0) is 18.9 Å². The van der Waals surface area contributed by atoms with Gasteiger partial charge < -0.3 is 5.32 Å². The van der Waals surface area contributed by atoms with E-state index in [2.05, 4.69) is 15.3 Å². The molecule has 14 heavy (non-hydrogen) atoms. The molecular weight excluding hydrogens is 198 g/mol. The van der Waals surface area contributed by atoms with Crippen molar-refractivity contribution < 1.29 is 0 Å². The lowest BCUT2D eigenvalue weighted by molar-refractivity contribution is 0.686. The van der Waals surface area contributed by atoms with E-state index in [0.29, 0.717) is 0 Å². The van der Waals surface area contributed by atoms with Crippen molar-refractivity contribution in [1.82, 2.24) is 9.97 Å². The van der Waals surface area contributed by atoms with Gasteiger partial charge >= 0.3 is 0 Å². The second-order valence-electron chi connectivity index (χ2n) is 3.12. The molecule has 1 rings (SSSR count). The third-order valence-corrected chi connectivity index (χ3v) is 2.22. The molecule has 0 saturated heterocycles. The molecule has 0 aliphatic carbocycles. The van der Waals surface area contributed by atoms with Gasteiger partial charge in [0, 0.05) is 18.6 Å². The van der Waals surface area contributed by atoms with Crippen molar-refractivity contribution in [2.75, 3.05) is 17.7 Å². The zero-order chi connectivity index (χ0) is 10.1. The van der Waals surface area contributed by atoms with Crippen LogP contribution in [0.2, 0.25) is 0 Å². The molecule has 0 amide bonds. The van der Waals surface area contributed by atoms with Crippen LogP contribution in [-0.4, -0.2) is 22.4 Å². The van der Waals surface area contributed by atoms with Gasteiger partial charge in [0.15, 0.2) is 0 Å². The Morgan fingerprint density at radius 3 is 2.79 bits per heavy atom. The monoisotopic (exact) mass is 213 g/mol. The quantitative estimate of drug-likeness (QED) is 0.559. The van der Waals surface area contributed by atoms with Crippen molar-refractivity contribution >= 4 is 17.4 Å². The SMILES string of the molecule is ClCCCCCCNc1ccncn1. The Labute approximate surface area is 89.9 Å². The van der Waals surface area contributed by atoms with Crippen LogP contribution in [0.5, 0.6) is 0 Å². The Hall–Kier alpha value is -0.830. The summed E-state index contributed by atoms with van der Waals surface area (Å²) in [5.74, 6) is 1.68. The number of anilines is 1. The molecule has 3 nitrogen and oxygen atoms in total. The minimum atomic E-state index is 0.777. The fourth-order valence-corrected chi connectivity index (χ4v) is 1.37. The number of halogens is 1. The fraction of sp³-hybridized carbons (Fsp3) is 0.600. The molecule has 0 aliphatic rings. The molecule has 0 bridgehead atoms. The van der Waals surface area contributed by atoms with Gasteiger partial charge in [0.2, 0.25) is 0 Å². The number of aromatic nitrogens is 2. The Bertz CT molecular complexity index is 228. The molecule has 0 fully saturated rings. The lowest BCUT2D eigenvalue weighted by Gasteiger charge is -2.03. The summed E-state index contributed by atoms with van der Waals surface area (Å²) in [7, 11) is 0. The van der Waals surface area contributed by atoms with Crippen molar-refractivity contribution in [2.24, 2.45) is 0 Å². The zero-order valence-corrected chi connectivity index (χ0v) is 9.00. The molecule has 0 aromatic carbocycles. The van der Waals surface area contributed by atoms with E-state index in [1.165, 1.54) is 19.3 Å². The molecule has 4 heteroatoms. The fourth-order valence-electron chi connectivity index (χ4n) is 1.18. The highest BCUT2D eigenvalue weighted by atomic mass is 35.5. The molecule has 78 valence electrons. The summed E-state index contributed by atoms with van der Waals surface area (Å²) in [4.78, 5) is 7.92. The van der Waals surface area contributed by atoms with Gasteiger partial charge in [-0.3, -0.25) is 0 Å². The van der Waals surface area contributed by atoms with Gasteiger partial charge in [0.25, 0.3) is 0 Å². The number of alkyl halides is 1. The van der Waals surface area contributed by atoms with Crippen LogP contribution in [0.15, 0.2) is 18.6 Å². The van der Waals surface area contributed by atoms with Crippen molar-refractivity contribution in [1.29, 1.82) is 0 Å². The summed E-state index contributed by atoms with van der Waals surface area (Å²) < 4.78 is 0. The molecule has 0 radical (unpaired) electrons. The summed E-state index contributed by atoms with van der Waals surface area (Å²) in [5, 5.41) is 3.24. The van der Waals surface area contributed by atoms with Crippen LogP contribution >= 0.6 is 11.6 Å². The maximum atomic E-state index is 5.58. The van der Waals surface area contributed by atoms with Gasteiger partial charge in [-0.2, -0.15) is 0 Å². The molecule has 0 saturated carbocycles. The van der Waals surface area contributed by atoms with Crippen molar-refractivity contribution in [3.63, 3.8) is 0 Å². The van der Waals surface area contributed by atoms with Gasteiger partial charge in [-0.25, -0.2) is 9.97 Å². The molecule has 1 aromatic rings. The van der Waals surface area contributed by atoms with Crippen LogP contribution in [0.1, 0.15) is 25.7 Å². The van der Waals surface area contributed by atoms with E-state index in [9.17, 15) is 0 Å². The topological polar surface area (TPSA) is 37.8 Å². The third-order valence-electron chi connectivity index (χ3n) is 1.95. The molecule has 0 aliphatic heterocycles. The number of nitrogens with one attached hydrogen (secondary N) is 1. The number of nitrogens with zero attached hydrogens (tertiary/aromatic N) is 2. The molecule has 0 unspecified atom stereocenters. The highest BCUT2D eigenvalue weighted by Crippen LogP contribution is 2.03. The Kier molecular flexibility index (Phi) is 6.07. The predicted molar refractivity (Wildman–Crippen MR) is 59.7 cm³/mol. The molecular formula is C10H16ClN3. The van der Waals surface area contributed by atoms with Gasteiger partial charge in [0.05, 0.1) is 0 Å². The predicted octanol–water partition coefficient (Wildman–Crippen LogP) is 2.69. The first-order chi connectivity index (χ1) is 6.93. The second-order valence-corrected chi connectivity index (χ2v) is 3.50. The van der Waals surface area contributed by atoms with Crippen LogP contribution < -0.4 is 5.32 Å². The number of hydrogen-bond acceptors (Lipinski definition) is 3.